The highest BCUT2D eigenvalue weighted by atomic mass is 35.5. The quantitative estimate of drug-likeness (QED) is 0.707. The van der Waals surface area contributed by atoms with Gasteiger partial charge in [0.25, 0.3) is 0 Å². The van der Waals surface area contributed by atoms with Crippen molar-refractivity contribution in [1.82, 2.24) is 9.97 Å². The minimum atomic E-state index is 0.203. The Kier molecular flexibility index (Phi) is 2.84. The van der Waals surface area contributed by atoms with E-state index in [4.69, 9.17) is 16.9 Å². The Balaban J connectivity index is 2.70. The largest absolute Gasteiger partial charge is 0.232 e. The highest BCUT2D eigenvalue weighted by molar-refractivity contribution is 6.30. The molecule has 0 amide bonds. The van der Waals surface area contributed by atoms with Crippen molar-refractivity contribution in [3.63, 3.8) is 0 Å². The van der Waals surface area contributed by atoms with Crippen LogP contribution in [0.4, 0.5) is 0 Å². The molecule has 2 aromatic rings. The molecule has 0 aliphatic carbocycles. The van der Waals surface area contributed by atoms with Gasteiger partial charge in [-0.1, -0.05) is 41.9 Å². The number of benzene rings is 1. The lowest BCUT2D eigenvalue weighted by Crippen LogP contribution is -1.97. The lowest BCUT2D eigenvalue weighted by atomic mass is 10.1. The van der Waals surface area contributed by atoms with Crippen LogP contribution in [0.3, 0.4) is 0 Å². The molecule has 0 fully saturated rings. The number of aryl methyl sites for hydroxylation is 1. The molecule has 1 aromatic carbocycles. The summed E-state index contributed by atoms with van der Waals surface area (Å²) < 4.78 is 0. The third-order valence-electron chi connectivity index (χ3n) is 2.14. The van der Waals surface area contributed by atoms with Crippen LogP contribution in [-0.4, -0.2) is 9.97 Å². The molecule has 0 N–H and O–H groups in total. The summed E-state index contributed by atoms with van der Waals surface area (Å²) in [5.74, 6) is 0.558. The fourth-order valence-corrected chi connectivity index (χ4v) is 1.70. The van der Waals surface area contributed by atoms with Crippen LogP contribution < -0.4 is 0 Å². The van der Waals surface area contributed by atoms with Crippen LogP contribution in [0, 0.1) is 18.3 Å². The maximum Gasteiger partial charge on any atom is 0.151 e. The molecule has 0 unspecified atom stereocenters. The maximum atomic E-state index is 9.04. The van der Waals surface area contributed by atoms with E-state index in [-0.39, 0.29) is 5.15 Å². The number of hydrogen-bond donors (Lipinski definition) is 0. The highest BCUT2D eigenvalue weighted by Gasteiger charge is 2.12. The summed E-state index contributed by atoms with van der Waals surface area (Å²) in [6.45, 7) is 1.75. The van der Waals surface area contributed by atoms with E-state index < -0.39 is 0 Å². The first-order chi connectivity index (χ1) is 7.72. The number of aromatic nitrogens is 2. The molecule has 0 atom stereocenters. The van der Waals surface area contributed by atoms with Crippen molar-refractivity contribution in [2.45, 2.75) is 6.92 Å². The summed E-state index contributed by atoms with van der Waals surface area (Å²) in [6.07, 6.45) is 0. The van der Waals surface area contributed by atoms with Gasteiger partial charge in [0.05, 0.1) is 5.69 Å². The molecule has 4 heteroatoms. The first-order valence-electron chi connectivity index (χ1n) is 4.72. The Morgan fingerprint density at radius 2 is 1.88 bits per heavy atom. The molecule has 0 saturated carbocycles. The predicted molar refractivity (Wildman–Crippen MR) is 61.9 cm³/mol. The first-order valence-corrected chi connectivity index (χ1v) is 5.10. The second-order valence-corrected chi connectivity index (χ2v) is 3.62. The van der Waals surface area contributed by atoms with E-state index in [0.717, 1.165) is 5.56 Å². The van der Waals surface area contributed by atoms with Gasteiger partial charge in [-0.05, 0) is 6.92 Å². The smallest absolute Gasteiger partial charge is 0.151 e. The molecule has 0 bridgehead atoms. The van der Waals surface area contributed by atoms with Crippen LogP contribution >= 0.6 is 11.6 Å². The first kappa shape index (κ1) is 10.6. The van der Waals surface area contributed by atoms with Gasteiger partial charge >= 0.3 is 0 Å². The van der Waals surface area contributed by atoms with Crippen molar-refractivity contribution in [3.8, 4) is 17.3 Å². The molecule has 2 rings (SSSR count). The maximum absolute atomic E-state index is 9.04. The molecular weight excluding hydrogens is 222 g/mol. The summed E-state index contributed by atoms with van der Waals surface area (Å²) in [5.41, 5.74) is 1.77. The van der Waals surface area contributed by atoms with Gasteiger partial charge in [0.2, 0.25) is 0 Å². The summed E-state index contributed by atoms with van der Waals surface area (Å²) in [5, 5.41) is 9.24. The molecule has 78 valence electrons. The third kappa shape index (κ3) is 1.88. The van der Waals surface area contributed by atoms with Crippen molar-refractivity contribution in [2.24, 2.45) is 0 Å². The molecule has 3 nitrogen and oxygen atoms in total. The van der Waals surface area contributed by atoms with Gasteiger partial charge in [0.1, 0.15) is 17.5 Å². The SMILES string of the molecule is Cc1nc(Cl)c(C#N)c(-c2ccccc2)n1. The fraction of sp³-hybridized carbons (Fsp3) is 0.0833. The van der Waals surface area contributed by atoms with Gasteiger partial charge in [-0.15, -0.1) is 0 Å². The second kappa shape index (κ2) is 4.30. The summed E-state index contributed by atoms with van der Waals surface area (Å²) in [6, 6.07) is 11.5. The summed E-state index contributed by atoms with van der Waals surface area (Å²) >= 11 is 5.91. The lowest BCUT2D eigenvalue weighted by molar-refractivity contribution is 1.05. The minimum Gasteiger partial charge on any atom is -0.232 e. The molecule has 1 aromatic heterocycles. The van der Waals surface area contributed by atoms with Gasteiger partial charge < -0.3 is 0 Å². The lowest BCUT2D eigenvalue weighted by Gasteiger charge is -2.05. The molecule has 0 spiro atoms. The molecule has 0 aliphatic rings. The average Bonchev–Trinajstić information content (AvgIpc) is 2.29. The van der Waals surface area contributed by atoms with E-state index in [0.29, 0.717) is 17.1 Å². The second-order valence-electron chi connectivity index (χ2n) is 3.26. The van der Waals surface area contributed by atoms with Crippen molar-refractivity contribution < 1.29 is 0 Å². The third-order valence-corrected chi connectivity index (χ3v) is 2.41. The monoisotopic (exact) mass is 229 g/mol. The van der Waals surface area contributed by atoms with Gasteiger partial charge in [-0.2, -0.15) is 5.26 Å². The molecule has 16 heavy (non-hydrogen) atoms. The normalized spacial score (nSPS) is 9.81. The van der Waals surface area contributed by atoms with Gasteiger partial charge in [0, 0.05) is 5.56 Å². The number of rotatable bonds is 1. The number of nitrogens with zero attached hydrogens (tertiary/aromatic N) is 3. The Hall–Kier alpha value is -1.92. The zero-order valence-corrected chi connectivity index (χ0v) is 9.36. The summed E-state index contributed by atoms with van der Waals surface area (Å²) in [4.78, 5) is 8.22. The predicted octanol–water partition coefficient (Wildman–Crippen LogP) is 2.98. The van der Waals surface area contributed by atoms with Crippen LogP contribution in [0.1, 0.15) is 11.4 Å². The Labute approximate surface area is 98.4 Å². The van der Waals surface area contributed by atoms with Crippen LogP contribution in [0.25, 0.3) is 11.3 Å². The van der Waals surface area contributed by atoms with Crippen molar-refractivity contribution in [2.75, 3.05) is 0 Å². The van der Waals surface area contributed by atoms with Crippen LogP contribution in [0.2, 0.25) is 5.15 Å². The molecule has 0 saturated heterocycles. The average molecular weight is 230 g/mol. The van der Waals surface area contributed by atoms with Gasteiger partial charge in [0.15, 0.2) is 5.15 Å². The van der Waals surface area contributed by atoms with Crippen LogP contribution in [0.5, 0.6) is 0 Å². The topological polar surface area (TPSA) is 49.6 Å². The Morgan fingerprint density at radius 1 is 1.19 bits per heavy atom. The van der Waals surface area contributed by atoms with Crippen LogP contribution in [0.15, 0.2) is 30.3 Å². The number of hydrogen-bond acceptors (Lipinski definition) is 3. The van der Waals surface area contributed by atoms with E-state index in [2.05, 4.69) is 9.97 Å². The van der Waals surface area contributed by atoms with Gasteiger partial charge in [-0.3, -0.25) is 0 Å². The standard InChI is InChI=1S/C12H8ClN3/c1-8-15-11(9-5-3-2-4-6-9)10(7-14)12(13)16-8/h2-6H,1H3. The highest BCUT2D eigenvalue weighted by Crippen LogP contribution is 2.25. The van der Waals surface area contributed by atoms with Crippen molar-refractivity contribution in [1.29, 1.82) is 5.26 Å². The van der Waals surface area contributed by atoms with Gasteiger partial charge in [-0.25, -0.2) is 9.97 Å². The van der Waals surface area contributed by atoms with Crippen molar-refractivity contribution in [3.05, 3.63) is 46.9 Å². The van der Waals surface area contributed by atoms with Crippen LogP contribution in [-0.2, 0) is 0 Å². The van der Waals surface area contributed by atoms with E-state index in [1.54, 1.807) is 6.92 Å². The minimum absolute atomic E-state index is 0.203. The summed E-state index contributed by atoms with van der Waals surface area (Å²) in [7, 11) is 0. The van der Waals surface area contributed by atoms with Crippen molar-refractivity contribution >= 4 is 11.6 Å². The number of halogens is 1. The van der Waals surface area contributed by atoms with E-state index in [1.165, 1.54) is 0 Å². The molecule has 0 radical (unpaired) electrons. The molecular formula is C12H8ClN3. The van der Waals surface area contributed by atoms with E-state index in [1.807, 2.05) is 36.4 Å². The number of nitriles is 1. The molecule has 1 heterocycles. The zero-order chi connectivity index (χ0) is 11.5. The Morgan fingerprint density at radius 3 is 2.50 bits per heavy atom. The van der Waals surface area contributed by atoms with E-state index >= 15 is 0 Å². The zero-order valence-electron chi connectivity index (χ0n) is 8.61. The fourth-order valence-electron chi connectivity index (χ4n) is 1.44. The van der Waals surface area contributed by atoms with E-state index in [9.17, 15) is 0 Å². The molecule has 0 aliphatic heterocycles. The Bertz CT molecular complexity index is 558.